The van der Waals surface area contributed by atoms with E-state index in [0.717, 1.165) is 23.9 Å². The maximum absolute atomic E-state index is 5.86. The van der Waals surface area contributed by atoms with E-state index in [0.29, 0.717) is 12.1 Å². The molecule has 2 nitrogen and oxygen atoms in total. The molecule has 1 aromatic rings. The summed E-state index contributed by atoms with van der Waals surface area (Å²) < 4.78 is 6.98. The molecule has 3 unspecified atom stereocenters. The van der Waals surface area contributed by atoms with Gasteiger partial charge in [-0.15, -0.1) is 0 Å². The molecule has 0 saturated heterocycles. The fourth-order valence-electron chi connectivity index (χ4n) is 2.91. The van der Waals surface area contributed by atoms with Crippen LogP contribution in [0.4, 0.5) is 5.69 Å². The van der Waals surface area contributed by atoms with Crippen molar-refractivity contribution >= 4 is 21.6 Å². The van der Waals surface area contributed by atoms with Gasteiger partial charge in [0.1, 0.15) is 0 Å². The smallest absolute Gasteiger partial charge is 0.0667 e. The Kier molecular flexibility index (Phi) is 4.57. The number of hydrogen-bond acceptors (Lipinski definition) is 2. The van der Waals surface area contributed by atoms with Crippen LogP contribution in [0, 0.1) is 12.3 Å². The van der Waals surface area contributed by atoms with E-state index in [9.17, 15) is 0 Å². The Labute approximate surface area is 125 Å². The SMILES string of the molecule is CCOC1CC(Nc2cc(Br)ccc2C)C1(C)CC. The zero-order chi connectivity index (χ0) is 14.0. The standard InChI is InChI=1S/C16H24BrNO/c1-5-16(4)14(10-15(16)19-6-2)18-13-9-12(17)8-7-11(13)3/h7-9,14-15,18H,5-6,10H2,1-4H3. The minimum atomic E-state index is 0.241. The van der Waals surface area contributed by atoms with Gasteiger partial charge in [-0.2, -0.15) is 0 Å². The molecule has 0 aliphatic heterocycles. The van der Waals surface area contributed by atoms with Gasteiger partial charge in [-0.3, -0.25) is 0 Å². The highest BCUT2D eigenvalue weighted by Gasteiger charge is 2.51. The van der Waals surface area contributed by atoms with Crippen LogP contribution in [0.5, 0.6) is 0 Å². The van der Waals surface area contributed by atoms with Crippen LogP contribution in [0.2, 0.25) is 0 Å². The van der Waals surface area contributed by atoms with E-state index in [2.05, 4.69) is 67.1 Å². The molecule has 0 bridgehead atoms. The number of anilines is 1. The fourth-order valence-corrected chi connectivity index (χ4v) is 3.27. The van der Waals surface area contributed by atoms with Crippen LogP contribution >= 0.6 is 15.9 Å². The summed E-state index contributed by atoms with van der Waals surface area (Å²) >= 11 is 3.54. The number of ether oxygens (including phenoxy) is 1. The zero-order valence-corrected chi connectivity index (χ0v) is 13.9. The summed E-state index contributed by atoms with van der Waals surface area (Å²) in [7, 11) is 0. The van der Waals surface area contributed by atoms with Gasteiger partial charge in [-0.05, 0) is 44.4 Å². The minimum absolute atomic E-state index is 0.241. The number of halogens is 1. The molecule has 19 heavy (non-hydrogen) atoms. The number of benzene rings is 1. The monoisotopic (exact) mass is 325 g/mol. The lowest BCUT2D eigenvalue weighted by molar-refractivity contribution is -0.109. The molecular formula is C16H24BrNO. The van der Waals surface area contributed by atoms with Crippen LogP contribution < -0.4 is 5.32 Å². The molecule has 0 amide bonds. The Morgan fingerprint density at radius 1 is 1.42 bits per heavy atom. The maximum Gasteiger partial charge on any atom is 0.0667 e. The van der Waals surface area contributed by atoms with Gasteiger partial charge in [-0.25, -0.2) is 0 Å². The summed E-state index contributed by atoms with van der Waals surface area (Å²) in [6.07, 6.45) is 2.64. The third kappa shape index (κ3) is 2.82. The largest absolute Gasteiger partial charge is 0.381 e. The first-order valence-electron chi connectivity index (χ1n) is 7.15. The molecule has 1 aliphatic rings. The topological polar surface area (TPSA) is 21.3 Å². The van der Waals surface area contributed by atoms with Crippen molar-refractivity contribution in [1.29, 1.82) is 0 Å². The molecule has 106 valence electrons. The average Bonchev–Trinajstić information content (AvgIpc) is 2.40. The molecule has 3 heteroatoms. The second-order valence-electron chi connectivity index (χ2n) is 5.70. The summed E-state index contributed by atoms with van der Waals surface area (Å²) in [5.74, 6) is 0. The summed E-state index contributed by atoms with van der Waals surface area (Å²) in [5, 5.41) is 3.71. The Bertz CT molecular complexity index is 448. The number of rotatable bonds is 5. The van der Waals surface area contributed by atoms with Crippen LogP contribution in [0.3, 0.4) is 0 Å². The quantitative estimate of drug-likeness (QED) is 0.842. The number of hydrogen-bond donors (Lipinski definition) is 1. The minimum Gasteiger partial charge on any atom is -0.381 e. The van der Waals surface area contributed by atoms with Gasteiger partial charge in [0, 0.05) is 28.2 Å². The van der Waals surface area contributed by atoms with Crippen molar-refractivity contribution in [2.45, 2.75) is 52.7 Å². The first-order chi connectivity index (χ1) is 9.01. The summed E-state index contributed by atoms with van der Waals surface area (Å²) in [6.45, 7) is 9.63. The van der Waals surface area contributed by atoms with Crippen molar-refractivity contribution in [2.24, 2.45) is 5.41 Å². The van der Waals surface area contributed by atoms with E-state index in [1.807, 2.05) is 0 Å². The predicted octanol–water partition coefficient (Wildman–Crippen LogP) is 4.76. The Balaban J connectivity index is 2.10. The van der Waals surface area contributed by atoms with E-state index in [1.165, 1.54) is 11.3 Å². The summed E-state index contributed by atoms with van der Waals surface area (Å²) in [4.78, 5) is 0. The lowest BCUT2D eigenvalue weighted by Gasteiger charge is -2.54. The van der Waals surface area contributed by atoms with E-state index in [4.69, 9.17) is 4.74 Å². The summed E-state index contributed by atoms with van der Waals surface area (Å²) in [5.41, 5.74) is 2.76. The molecule has 0 radical (unpaired) electrons. The lowest BCUT2D eigenvalue weighted by atomic mass is 9.61. The van der Waals surface area contributed by atoms with E-state index < -0.39 is 0 Å². The Morgan fingerprint density at radius 2 is 2.16 bits per heavy atom. The average molecular weight is 326 g/mol. The normalized spacial score (nSPS) is 29.9. The summed E-state index contributed by atoms with van der Waals surface area (Å²) in [6, 6.07) is 6.90. The highest BCUT2D eigenvalue weighted by atomic mass is 79.9. The van der Waals surface area contributed by atoms with Gasteiger partial charge in [0.15, 0.2) is 0 Å². The molecule has 1 aromatic carbocycles. The van der Waals surface area contributed by atoms with Crippen LogP contribution in [0.15, 0.2) is 22.7 Å². The predicted molar refractivity (Wildman–Crippen MR) is 84.7 cm³/mol. The van der Waals surface area contributed by atoms with Gasteiger partial charge >= 0.3 is 0 Å². The molecule has 0 aromatic heterocycles. The first-order valence-corrected chi connectivity index (χ1v) is 7.94. The van der Waals surface area contributed by atoms with Gasteiger partial charge in [0.05, 0.1) is 6.10 Å². The maximum atomic E-state index is 5.86. The van der Waals surface area contributed by atoms with Crippen molar-refractivity contribution in [1.82, 2.24) is 0 Å². The molecule has 3 atom stereocenters. The number of nitrogens with one attached hydrogen (secondary N) is 1. The van der Waals surface area contributed by atoms with Crippen LogP contribution in [-0.4, -0.2) is 18.8 Å². The van der Waals surface area contributed by atoms with Gasteiger partial charge in [-0.1, -0.05) is 35.8 Å². The Hall–Kier alpha value is -0.540. The molecule has 1 N–H and O–H groups in total. The van der Waals surface area contributed by atoms with Gasteiger partial charge in [0.2, 0.25) is 0 Å². The van der Waals surface area contributed by atoms with Gasteiger partial charge in [0.25, 0.3) is 0 Å². The second kappa shape index (κ2) is 5.84. The Morgan fingerprint density at radius 3 is 2.79 bits per heavy atom. The van der Waals surface area contributed by atoms with Crippen molar-refractivity contribution in [3.63, 3.8) is 0 Å². The van der Waals surface area contributed by atoms with Crippen molar-refractivity contribution < 1.29 is 4.74 Å². The molecule has 1 fully saturated rings. The van der Waals surface area contributed by atoms with Crippen molar-refractivity contribution in [2.75, 3.05) is 11.9 Å². The zero-order valence-electron chi connectivity index (χ0n) is 12.3. The van der Waals surface area contributed by atoms with E-state index in [1.54, 1.807) is 0 Å². The molecule has 0 spiro atoms. The highest BCUT2D eigenvalue weighted by Crippen LogP contribution is 2.47. The molecular weight excluding hydrogens is 302 g/mol. The molecule has 1 saturated carbocycles. The van der Waals surface area contributed by atoms with Crippen LogP contribution in [-0.2, 0) is 4.74 Å². The number of aryl methyl sites for hydroxylation is 1. The third-order valence-corrected chi connectivity index (χ3v) is 5.13. The molecule has 0 heterocycles. The van der Waals surface area contributed by atoms with Gasteiger partial charge < -0.3 is 10.1 Å². The fraction of sp³-hybridized carbons (Fsp3) is 0.625. The lowest BCUT2D eigenvalue weighted by Crippen LogP contribution is -2.59. The van der Waals surface area contributed by atoms with E-state index >= 15 is 0 Å². The van der Waals surface area contributed by atoms with Crippen LogP contribution in [0.25, 0.3) is 0 Å². The van der Waals surface area contributed by atoms with Crippen molar-refractivity contribution in [3.05, 3.63) is 28.2 Å². The highest BCUT2D eigenvalue weighted by molar-refractivity contribution is 9.10. The van der Waals surface area contributed by atoms with E-state index in [-0.39, 0.29) is 5.41 Å². The third-order valence-electron chi connectivity index (χ3n) is 4.64. The second-order valence-corrected chi connectivity index (χ2v) is 6.61. The molecule has 1 aliphatic carbocycles. The van der Waals surface area contributed by atoms with Crippen molar-refractivity contribution in [3.8, 4) is 0 Å². The molecule has 2 rings (SSSR count). The first kappa shape index (κ1) is 14.9. The van der Waals surface area contributed by atoms with Crippen LogP contribution in [0.1, 0.15) is 39.2 Å².